The third-order valence-corrected chi connectivity index (χ3v) is 3.68. The second kappa shape index (κ2) is 5.47. The van der Waals surface area contributed by atoms with E-state index in [1.807, 2.05) is 37.3 Å². The number of H-pyrrole nitrogens is 1. The minimum Gasteiger partial charge on any atom is -0.338 e. The Morgan fingerprint density at radius 1 is 1.33 bits per heavy atom. The highest BCUT2D eigenvalue weighted by Crippen LogP contribution is 2.15. The Kier molecular flexibility index (Phi) is 3.51. The van der Waals surface area contributed by atoms with E-state index in [4.69, 9.17) is 0 Å². The van der Waals surface area contributed by atoms with E-state index in [-0.39, 0.29) is 11.6 Å². The summed E-state index contributed by atoms with van der Waals surface area (Å²) in [5.74, 6) is 0. The van der Waals surface area contributed by atoms with Crippen LogP contribution in [0.1, 0.15) is 18.2 Å². The van der Waals surface area contributed by atoms with Crippen molar-refractivity contribution in [1.29, 1.82) is 0 Å². The number of nitrogens with one attached hydrogen (secondary N) is 2. The van der Waals surface area contributed by atoms with Gasteiger partial charge >= 0.3 is 6.03 Å². The number of benzene rings is 1. The molecule has 2 amide bonds. The van der Waals surface area contributed by atoms with Gasteiger partial charge in [-0.25, -0.2) is 9.48 Å². The summed E-state index contributed by atoms with van der Waals surface area (Å²) < 4.78 is 1.55. The van der Waals surface area contributed by atoms with Crippen molar-refractivity contribution in [3.63, 3.8) is 0 Å². The maximum Gasteiger partial charge on any atom is 0.317 e. The van der Waals surface area contributed by atoms with Gasteiger partial charge in [-0.3, -0.25) is 9.89 Å². The van der Waals surface area contributed by atoms with Gasteiger partial charge in [-0.15, -0.1) is 0 Å². The first-order chi connectivity index (χ1) is 10.2. The monoisotopic (exact) mass is 286 g/mol. The van der Waals surface area contributed by atoms with Crippen LogP contribution in [0, 0.1) is 0 Å². The Labute approximate surface area is 122 Å². The molecule has 2 heterocycles. The van der Waals surface area contributed by atoms with Gasteiger partial charge in [0.25, 0.3) is 5.56 Å². The summed E-state index contributed by atoms with van der Waals surface area (Å²) in [5.41, 5.74) is 2.33. The van der Waals surface area contributed by atoms with Gasteiger partial charge in [0.15, 0.2) is 0 Å². The van der Waals surface area contributed by atoms with E-state index in [1.165, 1.54) is 0 Å². The number of urea groups is 1. The van der Waals surface area contributed by atoms with E-state index in [2.05, 4.69) is 10.4 Å². The first-order valence-corrected chi connectivity index (χ1v) is 7.11. The zero-order valence-electron chi connectivity index (χ0n) is 11.9. The zero-order chi connectivity index (χ0) is 14.8. The summed E-state index contributed by atoms with van der Waals surface area (Å²) in [4.78, 5) is 26.1. The number of carbonyl (C=O) groups excluding carboxylic acids is 1. The van der Waals surface area contributed by atoms with Crippen molar-refractivity contribution in [1.82, 2.24) is 20.0 Å². The molecule has 110 valence electrons. The van der Waals surface area contributed by atoms with Crippen LogP contribution in [-0.4, -0.2) is 33.8 Å². The molecule has 21 heavy (non-hydrogen) atoms. The Bertz CT molecular complexity index is 702. The predicted octanol–water partition coefficient (Wildman–Crippen LogP) is 1.25. The largest absolute Gasteiger partial charge is 0.338 e. The van der Waals surface area contributed by atoms with E-state index in [1.54, 1.807) is 9.58 Å². The van der Waals surface area contributed by atoms with Gasteiger partial charge in [0.05, 0.1) is 17.8 Å². The lowest BCUT2D eigenvalue weighted by molar-refractivity contribution is 0.192. The maximum absolute atomic E-state index is 12.5. The van der Waals surface area contributed by atoms with Crippen LogP contribution in [0.15, 0.2) is 35.1 Å². The summed E-state index contributed by atoms with van der Waals surface area (Å²) in [6, 6.07) is 9.34. The number of carbonyl (C=O) groups is 1. The van der Waals surface area contributed by atoms with E-state index in [0.29, 0.717) is 31.6 Å². The minimum atomic E-state index is -0.116. The maximum atomic E-state index is 12.5. The summed E-state index contributed by atoms with van der Waals surface area (Å²) in [6.07, 6.45) is 0.668. The van der Waals surface area contributed by atoms with E-state index >= 15 is 0 Å². The van der Waals surface area contributed by atoms with Crippen LogP contribution >= 0.6 is 0 Å². The summed E-state index contributed by atoms with van der Waals surface area (Å²) in [5, 5.41) is 5.93. The number of fused-ring (bicyclic) bond motifs is 1. The fraction of sp³-hybridized carbons (Fsp3) is 0.333. The molecule has 1 aliphatic heterocycles. The molecule has 2 N–H and O–H groups in total. The molecule has 1 aromatic carbocycles. The van der Waals surface area contributed by atoms with Crippen molar-refractivity contribution in [3.05, 3.63) is 51.9 Å². The van der Waals surface area contributed by atoms with Crippen molar-refractivity contribution in [3.8, 4) is 5.69 Å². The van der Waals surface area contributed by atoms with Crippen molar-refractivity contribution in [2.24, 2.45) is 0 Å². The quantitative estimate of drug-likeness (QED) is 0.872. The lowest BCUT2D eigenvalue weighted by atomic mass is 10.1. The molecule has 1 aromatic heterocycles. The molecule has 0 saturated carbocycles. The molecule has 0 aliphatic carbocycles. The van der Waals surface area contributed by atoms with Crippen molar-refractivity contribution in [2.75, 3.05) is 13.1 Å². The molecule has 0 saturated heterocycles. The summed E-state index contributed by atoms with van der Waals surface area (Å²) in [7, 11) is 0. The SMILES string of the molecule is CCNC(=O)N1CCc2[nH]n(-c3ccccc3)c(=O)c2C1. The Hall–Kier alpha value is -2.50. The van der Waals surface area contributed by atoms with Crippen LogP contribution in [0.4, 0.5) is 4.79 Å². The molecule has 0 atom stereocenters. The van der Waals surface area contributed by atoms with Crippen LogP contribution in [0.3, 0.4) is 0 Å². The smallest absolute Gasteiger partial charge is 0.317 e. The molecule has 0 radical (unpaired) electrons. The number of nitrogens with zero attached hydrogens (tertiary/aromatic N) is 2. The summed E-state index contributed by atoms with van der Waals surface area (Å²) >= 11 is 0. The lowest BCUT2D eigenvalue weighted by Gasteiger charge is -2.25. The predicted molar refractivity (Wildman–Crippen MR) is 79.6 cm³/mol. The second-order valence-corrected chi connectivity index (χ2v) is 5.05. The van der Waals surface area contributed by atoms with E-state index < -0.39 is 0 Å². The van der Waals surface area contributed by atoms with Gasteiger partial charge in [0.1, 0.15) is 0 Å². The van der Waals surface area contributed by atoms with Gasteiger partial charge < -0.3 is 10.2 Å². The molecule has 0 unspecified atom stereocenters. The molecule has 0 fully saturated rings. The average molecular weight is 286 g/mol. The lowest BCUT2D eigenvalue weighted by Crippen LogP contribution is -2.43. The highest BCUT2D eigenvalue weighted by molar-refractivity contribution is 5.74. The first-order valence-electron chi connectivity index (χ1n) is 7.11. The average Bonchev–Trinajstić information content (AvgIpc) is 2.85. The Balaban J connectivity index is 1.92. The van der Waals surface area contributed by atoms with Crippen molar-refractivity contribution < 1.29 is 4.79 Å². The topological polar surface area (TPSA) is 70.1 Å². The highest BCUT2D eigenvalue weighted by atomic mass is 16.2. The fourth-order valence-electron chi connectivity index (χ4n) is 2.60. The van der Waals surface area contributed by atoms with Crippen molar-refractivity contribution >= 4 is 6.03 Å². The molecule has 6 heteroatoms. The number of aromatic nitrogens is 2. The number of hydrogen-bond donors (Lipinski definition) is 2. The van der Waals surface area contributed by atoms with Crippen LogP contribution < -0.4 is 10.9 Å². The molecule has 3 rings (SSSR count). The van der Waals surface area contributed by atoms with Crippen LogP contribution in [0.25, 0.3) is 5.69 Å². The molecule has 2 aromatic rings. The third-order valence-electron chi connectivity index (χ3n) is 3.68. The molecule has 6 nitrogen and oxygen atoms in total. The molecule has 1 aliphatic rings. The Morgan fingerprint density at radius 2 is 2.10 bits per heavy atom. The van der Waals surface area contributed by atoms with Gasteiger partial charge in [-0.05, 0) is 19.1 Å². The van der Waals surface area contributed by atoms with E-state index in [0.717, 1.165) is 11.4 Å². The fourth-order valence-corrected chi connectivity index (χ4v) is 2.60. The minimum absolute atomic E-state index is 0.0785. The molecule has 0 spiro atoms. The van der Waals surface area contributed by atoms with Gasteiger partial charge in [-0.2, -0.15) is 0 Å². The number of para-hydroxylation sites is 1. The molecular weight excluding hydrogens is 268 g/mol. The number of hydrogen-bond acceptors (Lipinski definition) is 2. The molecular formula is C15H18N4O2. The van der Waals surface area contributed by atoms with Crippen LogP contribution in [-0.2, 0) is 13.0 Å². The first kappa shape index (κ1) is 13.5. The number of amides is 2. The van der Waals surface area contributed by atoms with Gasteiger partial charge in [-0.1, -0.05) is 18.2 Å². The zero-order valence-corrected chi connectivity index (χ0v) is 11.9. The van der Waals surface area contributed by atoms with Crippen LogP contribution in [0.2, 0.25) is 0 Å². The second-order valence-electron chi connectivity index (χ2n) is 5.05. The number of rotatable bonds is 2. The van der Waals surface area contributed by atoms with Crippen molar-refractivity contribution in [2.45, 2.75) is 19.9 Å². The highest BCUT2D eigenvalue weighted by Gasteiger charge is 2.25. The molecule has 0 bridgehead atoms. The summed E-state index contributed by atoms with van der Waals surface area (Å²) in [6.45, 7) is 3.44. The van der Waals surface area contributed by atoms with Gasteiger partial charge in [0, 0.05) is 25.2 Å². The van der Waals surface area contributed by atoms with E-state index in [9.17, 15) is 9.59 Å². The Morgan fingerprint density at radius 3 is 2.81 bits per heavy atom. The van der Waals surface area contributed by atoms with Gasteiger partial charge in [0.2, 0.25) is 0 Å². The van der Waals surface area contributed by atoms with Crippen LogP contribution in [0.5, 0.6) is 0 Å². The normalized spacial score (nSPS) is 13.9. The number of aromatic amines is 1. The third kappa shape index (κ3) is 2.44. The standard InChI is InChI=1S/C15H18N4O2/c1-2-16-15(21)18-9-8-13-12(10-18)14(20)19(17-13)11-6-4-3-5-7-11/h3-7,17H,2,8-10H2,1H3,(H,16,21).